The number of aryl methyl sites for hydroxylation is 1. The highest BCUT2D eigenvalue weighted by Gasteiger charge is 2.15. The number of hydrogen-bond donors (Lipinski definition) is 2. The summed E-state index contributed by atoms with van der Waals surface area (Å²) in [5, 5.41) is 18.6. The van der Waals surface area contributed by atoms with Crippen LogP contribution in [0.4, 0.5) is 0 Å². The Kier molecular flexibility index (Phi) is 2.96. The number of phenols is 2. The fourth-order valence-corrected chi connectivity index (χ4v) is 1.12. The van der Waals surface area contributed by atoms with Crippen molar-refractivity contribution < 1.29 is 19.7 Å². The number of carbonyl (C=O) groups is 1. The van der Waals surface area contributed by atoms with Gasteiger partial charge in [-0.15, -0.1) is 0 Å². The molecule has 0 saturated heterocycles. The molecule has 0 fully saturated rings. The van der Waals surface area contributed by atoms with Crippen molar-refractivity contribution in [2.24, 2.45) is 0 Å². The molecule has 1 aromatic carbocycles. The van der Waals surface area contributed by atoms with Crippen molar-refractivity contribution in [3.8, 4) is 11.5 Å². The van der Waals surface area contributed by atoms with Gasteiger partial charge in [0, 0.05) is 0 Å². The molecule has 0 unspecified atom stereocenters. The minimum atomic E-state index is -0.635. The van der Waals surface area contributed by atoms with Crippen LogP contribution in [0.2, 0.25) is 0 Å². The van der Waals surface area contributed by atoms with E-state index in [1.807, 2.05) is 0 Å². The molecular weight excluding hydrogens is 184 g/mol. The van der Waals surface area contributed by atoms with Crippen LogP contribution in [0.5, 0.6) is 11.5 Å². The highest BCUT2D eigenvalue weighted by Crippen LogP contribution is 2.30. The van der Waals surface area contributed by atoms with Gasteiger partial charge in [0.25, 0.3) is 0 Å². The first-order valence-corrected chi connectivity index (χ1v) is 4.26. The van der Waals surface area contributed by atoms with Gasteiger partial charge in [-0.05, 0) is 31.5 Å². The molecule has 14 heavy (non-hydrogen) atoms. The Morgan fingerprint density at radius 3 is 2.64 bits per heavy atom. The Bertz CT molecular complexity index is 357. The summed E-state index contributed by atoms with van der Waals surface area (Å²) in [7, 11) is 0. The van der Waals surface area contributed by atoms with Gasteiger partial charge in [-0.25, -0.2) is 4.79 Å². The van der Waals surface area contributed by atoms with Crippen LogP contribution in [0.25, 0.3) is 0 Å². The van der Waals surface area contributed by atoms with E-state index >= 15 is 0 Å². The molecule has 0 atom stereocenters. The molecule has 4 heteroatoms. The van der Waals surface area contributed by atoms with Crippen molar-refractivity contribution >= 4 is 5.97 Å². The lowest BCUT2D eigenvalue weighted by Crippen LogP contribution is -2.05. The molecule has 0 saturated carbocycles. The van der Waals surface area contributed by atoms with E-state index in [-0.39, 0.29) is 17.9 Å². The molecule has 0 aliphatic carbocycles. The summed E-state index contributed by atoms with van der Waals surface area (Å²) in [4.78, 5) is 11.3. The summed E-state index contributed by atoms with van der Waals surface area (Å²) in [6.45, 7) is 3.61. The van der Waals surface area contributed by atoms with E-state index < -0.39 is 11.7 Å². The number of hydrogen-bond acceptors (Lipinski definition) is 4. The van der Waals surface area contributed by atoms with E-state index in [0.717, 1.165) is 0 Å². The van der Waals surface area contributed by atoms with Crippen molar-refractivity contribution in [3.63, 3.8) is 0 Å². The van der Waals surface area contributed by atoms with Crippen LogP contribution in [-0.2, 0) is 4.74 Å². The van der Waals surface area contributed by atoms with Crippen molar-refractivity contribution in [2.45, 2.75) is 13.8 Å². The molecule has 0 radical (unpaired) electrons. The predicted molar refractivity (Wildman–Crippen MR) is 50.5 cm³/mol. The highest BCUT2D eigenvalue weighted by molar-refractivity contribution is 5.93. The lowest BCUT2D eigenvalue weighted by Gasteiger charge is -2.06. The molecule has 1 rings (SSSR count). The maximum Gasteiger partial charge on any atom is 0.342 e. The summed E-state index contributed by atoms with van der Waals surface area (Å²) in [5.74, 6) is -1.38. The van der Waals surface area contributed by atoms with Gasteiger partial charge in [-0.3, -0.25) is 0 Å². The SMILES string of the molecule is CCOC(=O)c1cc(C)cc(O)c1O. The number of esters is 1. The topological polar surface area (TPSA) is 66.8 Å². The van der Waals surface area contributed by atoms with Crippen LogP contribution in [0.1, 0.15) is 22.8 Å². The van der Waals surface area contributed by atoms with Gasteiger partial charge in [-0.1, -0.05) is 0 Å². The van der Waals surface area contributed by atoms with E-state index in [0.29, 0.717) is 5.56 Å². The van der Waals surface area contributed by atoms with Crippen molar-refractivity contribution in [1.29, 1.82) is 0 Å². The second-order valence-corrected chi connectivity index (χ2v) is 2.90. The molecule has 4 nitrogen and oxygen atoms in total. The largest absolute Gasteiger partial charge is 0.504 e. The van der Waals surface area contributed by atoms with Gasteiger partial charge in [0.05, 0.1) is 6.61 Å². The van der Waals surface area contributed by atoms with E-state index in [2.05, 4.69) is 0 Å². The average molecular weight is 196 g/mol. The second kappa shape index (κ2) is 4.00. The first-order chi connectivity index (χ1) is 6.56. The van der Waals surface area contributed by atoms with Gasteiger partial charge in [0.2, 0.25) is 0 Å². The number of ether oxygens (including phenoxy) is 1. The molecule has 0 bridgehead atoms. The Balaban J connectivity index is 3.13. The average Bonchev–Trinajstić information content (AvgIpc) is 2.11. The highest BCUT2D eigenvalue weighted by atomic mass is 16.5. The lowest BCUT2D eigenvalue weighted by atomic mass is 10.1. The minimum absolute atomic E-state index is 0.00986. The Morgan fingerprint density at radius 1 is 1.43 bits per heavy atom. The van der Waals surface area contributed by atoms with Gasteiger partial charge >= 0.3 is 5.97 Å². The second-order valence-electron chi connectivity index (χ2n) is 2.90. The fourth-order valence-electron chi connectivity index (χ4n) is 1.12. The van der Waals surface area contributed by atoms with Crippen LogP contribution in [-0.4, -0.2) is 22.8 Å². The number of carbonyl (C=O) groups excluding carboxylic acids is 1. The van der Waals surface area contributed by atoms with Gasteiger partial charge in [0.15, 0.2) is 11.5 Å². The van der Waals surface area contributed by atoms with Gasteiger partial charge in [0.1, 0.15) is 5.56 Å². The Labute approximate surface area is 81.8 Å². The normalized spacial score (nSPS) is 9.86. The summed E-state index contributed by atoms with van der Waals surface area (Å²) in [6, 6.07) is 2.84. The van der Waals surface area contributed by atoms with Crippen LogP contribution in [0, 0.1) is 6.92 Å². The predicted octanol–water partition coefficient (Wildman–Crippen LogP) is 1.58. The number of rotatable bonds is 2. The third kappa shape index (κ3) is 1.96. The monoisotopic (exact) mass is 196 g/mol. The summed E-state index contributed by atoms with van der Waals surface area (Å²) < 4.78 is 4.71. The molecule has 76 valence electrons. The maximum atomic E-state index is 11.3. The molecule has 0 aliphatic heterocycles. The molecular formula is C10H12O4. The van der Waals surface area contributed by atoms with E-state index in [1.165, 1.54) is 12.1 Å². The van der Waals surface area contributed by atoms with Crippen LogP contribution < -0.4 is 0 Å². The van der Waals surface area contributed by atoms with Gasteiger partial charge in [-0.2, -0.15) is 0 Å². The smallest absolute Gasteiger partial charge is 0.342 e. The number of phenolic OH excluding ortho intramolecular Hbond substituents is 2. The van der Waals surface area contributed by atoms with Crippen molar-refractivity contribution in [3.05, 3.63) is 23.3 Å². The first kappa shape index (κ1) is 10.4. The first-order valence-electron chi connectivity index (χ1n) is 4.26. The van der Waals surface area contributed by atoms with Crippen molar-refractivity contribution in [2.75, 3.05) is 6.61 Å². The van der Waals surface area contributed by atoms with Gasteiger partial charge < -0.3 is 14.9 Å². The number of aromatic hydroxyl groups is 2. The zero-order valence-electron chi connectivity index (χ0n) is 8.07. The van der Waals surface area contributed by atoms with E-state index in [9.17, 15) is 15.0 Å². The molecule has 0 spiro atoms. The molecule has 0 aromatic heterocycles. The Morgan fingerprint density at radius 2 is 2.07 bits per heavy atom. The molecule has 1 aromatic rings. The van der Waals surface area contributed by atoms with Crippen LogP contribution in [0.3, 0.4) is 0 Å². The van der Waals surface area contributed by atoms with E-state index in [4.69, 9.17) is 4.74 Å². The molecule has 0 aliphatic rings. The fraction of sp³-hybridized carbons (Fsp3) is 0.300. The Hall–Kier alpha value is -1.71. The van der Waals surface area contributed by atoms with E-state index in [1.54, 1.807) is 13.8 Å². The maximum absolute atomic E-state index is 11.3. The molecule has 0 amide bonds. The summed E-state index contributed by atoms with van der Waals surface area (Å²) >= 11 is 0. The molecule has 2 N–H and O–H groups in total. The minimum Gasteiger partial charge on any atom is -0.504 e. The van der Waals surface area contributed by atoms with Crippen LogP contribution in [0.15, 0.2) is 12.1 Å². The zero-order chi connectivity index (χ0) is 10.7. The standard InChI is InChI=1S/C10H12O4/c1-3-14-10(13)7-4-6(2)5-8(11)9(7)12/h4-5,11-12H,3H2,1-2H3. The van der Waals surface area contributed by atoms with Crippen molar-refractivity contribution in [1.82, 2.24) is 0 Å². The quantitative estimate of drug-likeness (QED) is 0.556. The zero-order valence-corrected chi connectivity index (χ0v) is 8.07. The third-order valence-electron chi connectivity index (χ3n) is 1.73. The summed E-state index contributed by atoms with van der Waals surface area (Å²) in [5.41, 5.74) is 0.674. The van der Waals surface area contributed by atoms with Crippen LogP contribution >= 0.6 is 0 Å². The summed E-state index contributed by atoms with van der Waals surface area (Å²) in [6.07, 6.45) is 0. The third-order valence-corrected chi connectivity index (χ3v) is 1.73. The number of benzene rings is 1. The lowest BCUT2D eigenvalue weighted by molar-refractivity contribution is 0.0522. The molecule has 0 heterocycles.